The Balaban J connectivity index is 2.13. The van der Waals surface area contributed by atoms with Crippen LogP contribution in [-0.4, -0.2) is 26.2 Å². The van der Waals surface area contributed by atoms with Gasteiger partial charge in [-0.3, -0.25) is 4.79 Å². The number of hydrogen-bond donors (Lipinski definition) is 0. The van der Waals surface area contributed by atoms with Crippen LogP contribution in [0.2, 0.25) is 5.02 Å². The number of rotatable bonds is 2. The lowest BCUT2D eigenvalue weighted by Crippen LogP contribution is -2.39. The highest BCUT2D eigenvalue weighted by Gasteiger charge is 2.26. The summed E-state index contributed by atoms with van der Waals surface area (Å²) in [6.07, 6.45) is 1.91. The van der Waals surface area contributed by atoms with E-state index in [9.17, 15) is 4.79 Å². The van der Waals surface area contributed by atoms with Gasteiger partial charge in [-0.2, -0.15) is 0 Å². The number of benzene rings is 1. The molecule has 4 heteroatoms. The summed E-state index contributed by atoms with van der Waals surface area (Å²) in [6, 6.07) is 6.04. The number of anilines is 1. The van der Waals surface area contributed by atoms with E-state index in [-0.39, 0.29) is 11.9 Å². The van der Waals surface area contributed by atoms with Crippen molar-refractivity contribution in [2.45, 2.75) is 19.8 Å². The van der Waals surface area contributed by atoms with E-state index in [4.69, 9.17) is 16.3 Å². The highest BCUT2D eigenvalue weighted by atomic mass is 35.5. The van der Waals surface area contributed by atoms with Crippen molar-refractivity contribution in [1.29, 1.82) is 0 Å². The Bertz CT molecular complexity index is 447. The van der Waals surface area contributed by atoms with E-state index in [1.165, 1.54) is 7.11 Å². The van der Waals surface area contributed by atoms with E-state index < -0.39 is 0 Å². The number of carbonyl (C=O) groups is 1. The van der Waals surface area contributed by atoms with Gasteiger partial charge in [0.1, 0.15) is 0 Å². The Morgan fingerprint density at radius 3 is 2.94 bits per heavy atom. The number of esters is 1. The van der Waals surface area contributed by atoms with Crippen LogP contribution in [0.4, 0.5) is 5.69 Å². The fraction of sp³-hybridized carbons (Fsp3) is 0.500. The summed E-state index contributed by atoms with van der Waals surface area (Å²) >= 11 is 6.14. The van der Waals surface area contributed by atoms with Gasteiger partial charge in [0, 0.05) is 23.8 Å². The van der Waals surface area contributed by atoms with Crippen LogP contribution in [0.25, 0.3) is 0 Å². The maximum absolute atomic E-state index is 11.6. The quantitative estimate of drug-likeness (QED) is 0.772. The topological polar surface area (TPSA) is 29.5 Å². The largest absolute Gasteiger partial charge is 0.469 e. The summed E-state index contributed by atoms with van der Waals surface area (Å²) in [5.74, 6) is -0.137. The molecular weight excluding hydrogens is 250 g/mol. The predicted molar refractivity (Wildman–Crippen MR) is 73.1 cm³/mol. The summed E-state index contributed by atoms with van der Waals surface area (Å²) in [6.45, 7) is 3.67. The van der Waals surface area contributed by atoms with Crippen molar-refractivity contribution < 1.29 is 9.53 Å². The molecule has 0 aliphatic carbocycles. The summed E-state index contributed by atoms with van der Waals surface area (Å²) in [5, 5.41) is 0.771. The first-order valence-electron chi connectivity index (χ1n) is 6.20. The lowest BCUT2D eigenvalue weighted by atomic mass is 9.97. The Hall–Kier alpha value is -1.22. The van der Waals surface area contributed by atoms with Crippen LogP contribution >= 0.6 is 11.6 Å². The molecule has 0 aromatic heterocycles. The minimum absolute atomic E-state index is 0.0242. The second-order valence-corrected chi connectivity index (χ2v) is 5.15. The minimum atomic E-state index is -0.113. The number of ether oxygens (including phenoxy) is 1. The van der Waals surface area contributed by atoms with Gasteiger partial charge in [0.05, 0.1) is 13.0 Å². The van der Waals surface area contributed by atoms with Crippen LogP contribution in [-0.2, 0) is 9.53 Å². The molecule has 1 aromatic rings. The van der Waals surface area contributed by atoms with Crippen molar-refractivity contribution in [3.8, 4) is 0 Å². The molecule has 1 atom stereocenters. The van der Waals surface area contributed by atoms with E-state index in [0.717, 1.165) is 35.7 Å². The summed E-state index contributed by atoms with van der Waals surface area (Å²) in [4.78, 5) is 13.8. The number of methoxy groups -OCH3 is 1. The number of piperidine rings is 1. The lowest BCUT2D eigenvalue weighted by Gasteiger charge is -2.33. The first-order chi connectivity index (χ1) is 8.61. The van der Waals surface area contributed by atoms with Crippen LogP contribution in [0.1, 0.15) is 18.4 Å². The Kier molecular flexibility index (Phi) is 4.12. The van der Waals surface area contributed by atoms with Crippen molar-refractivity contribution >= 4 is 23.3 Å². The number of aryl methyl sites for hydroxylation is 1. The molecule has 0 saturated carbocycles. The molecule has 1 aliphatic rings. The third kappa shape index (κ3) is 2.78. The normalized spacial score (nSPS) is 19.7. The molecule has 1 heterocycles. The Morgan fingerprint density at radius 1 is 1.50 bits per heavy atom. The zero-order valence-corrected chi connectivity index (χ0v) is 11.5. The van der Waals surface area contributed by atoms with Crippen molar-refractivity contribution in [3.63, 3.8) is 0 Å². The molecule has 18 heavy (non-hydrogen) atoms. The van der Waals surface area contributed by atoms with E-state index >= 15 is 0 Å². The van der Waals surface area contributed by atoms with Gasteiger partial charge in [-0.05, 0) is 37.5 Å². The number of nitrogens with zero attached hydrogens (tertiary/aromatic N) is 1. The molecule has 0 radical (unpaired) electrons. The first kappa shape index (κ1) is 13.2. The molecule has 2 rings (SSSR count). The fourth-order valence-electron chi connectivity index (χ4n) is 2.35. The summed E-state index contributed by atoms with van der Waals surface area (Å²) < 4.78 is 4.83. The van der Waals surface area contributed by atoms with Gasteiger partial charge < -0.3 is 9.64 Å². The third-order valence-corrected chi connectivity index (χ3v) is 3.88. The molecule has 1 fully saturated rings. The number of carbonyl (C=O) groups excluding carboxylic acids is 1. The maximum atomic E-state index is 11.6. The first-order valence-corrected chi connectivity index (χ1v) is 6.58. The van der Waals surface area contributed by atoms with E-state index in [2.05, 4.69) is 11.0 Å². The Morgan fingerprint density at radius 2 is 2.28 bits per heavy atom. The molecule has 1 aliphatic heterocycles. The van der Waals surface area contributed by atoms with Crippen molar-refractivity contribution in [2.24, 2.45) is 5.92 Å². The van der Waals surface area contributed by atoms with E-state index in [1.807, 2.05) is 19.1 Å². The predicted octanol–water partition coefficient (Wildman–Crippen LogP) is 3.04. The van der Waals surface area contributed by atoms with Crippen LogP contribution in [0.5, 0.6) is 0 Å². The zero-order valence-electron chi connectivity index (χ0n) is 10.8. The molecular formula is C14H18ClNO2. The molecule has 0 amide bonds. The summed E-state index contributed by atoms with van der Waals surface area (Å²) in [5.41, 5.74) is 2.15. The number of hydrogen-bond acceptors (Lipinski definition) is 3. The number of halogens is 1. The molecule has 3 nitrogen and oxygen atoms in total. The second-order valence-electron chi connectivity index (χ2n) is 4.74. The van der Waals surface area contributed by atoms with Gasteiger partial charge in [-0.25, -0.2) is 0 Å². The highest BCUT2D eigenvalue weighted by molar-refractivity contribution is 6.31. The van der Waals surface area contributed by atoms with E-state index in [0.29, 0.717) is 6.54 Å². The highest BCUT2D eigenvalue weighted by Crippen LogP contribution is 2.27. The zero-order chi connectivity index (χ0) is 13.1. The molecule has 0 spiro atoms. The van der Waals surface area contributed by atoms with Gasteiger partial charge in [-0.15, -0.1) is 0 Å². The van der Waals surface area contributed by atoms with E-state index in [1.54, 1.807) is 0 Å². The van der Waals surface area contributed by atoms with Gasteiger partial charge >= 0.3 is 5.97 Å². The maximum Gasteiger partial charge on any atom is 0.310 e. The van der Waals surface area contributed by atoms with Crippen LogP contribution in [0, 0.1) is 12.8 Å². The van der Waals surface area contributed by atoms with Crippen LogP contribution < -0.4 is 4.90 Å². The van der Waals surface area contributed by atoms with Gasteiger partial charge in [0.15, 0.2) is 0 Å². The summed E-state index contributed by atoms with van der Waals surface area (Å²) in [7, 11) is 1.45. The molecule has 0 bridgehead atoms. The van der Waals surface area contributed by atoms with Gasteiger partial charge in [0.2, 0.25) is 0 Å². The average Bonchev–Trinajstić information content (AvgIpc) is 2.41. The SMILES string of the molecule is COC(=O)C1CCCN(c2ccc(C)c(Cl)c2)C1. The lowest BCUT2D eigenvalue weighted by molar-refractivity contribution is -0.145. The fourth-order valence-corrected chi connectivity index (χ4v) is 2.52. The van der Waals surface area contributed by atoms with Crippen molar-refractivity contribution in [3.05, 3.63) is 28.8 Å². The second kappa shape index (κ2) is 5.61. The molecule has 1 unspecified atom stereocenters. The monoisotopic (exact) mass is 267 g/mol. The average molecular weight is 268 g/mol. The molecule has 1 aromatic carbocycles. The minimum Gasteiger partial charge on any atom is -0.469 e. The van der Waals surface area contributed by atoms with Crippen molar-refractivity contribution in [2.75, 3.05) is 25.1 Å². The molecule has 0 N–H and O–H groups in total. The van der Waals surface area contributed by atoms with Gasteiger partial charge in [0.25, 0.3) is 0 Å². The van der Waals surface area contributed by atoms with Crippen LogP contribution in [0.15, 0.2) is 18.2 Å². The smallest absolute Gasteiger partial charge is 0.310 e. The standard InChI is InChI=1S/C14H18ClNO2/c1-10-5-6-12(8-13(10)15)16-7-3-4-11(9-16)14(17)18-2/h5-6,8,11H,3-4,7,9H2,1-2H3. The van der Waals surface area contributed by atoms with Crippen LogP contribution in [0.3, 0.4) is 0 Å². The Labute approximate surface area is 113 Å². The van der Waals surface area contributed by atoms with Crippen molar-refractivity contribution in [1.82, 2.24) is 0 Å². The molecule has 1 saturated heterocycles. The van der Waals surface area contributed by atoms with Gasteiger partial charge in [-0.1, -0.05) is 17.7 Å². The third-order valence-electron chi connectivity index (χ3n) is 3.48. The molecule has 98 valence electrons.